The molecule has 0 saturated carbocycles. The van der Waals surface area contributed by atoms with E-state index >= 15 is 0 Å². The highest BCUT2D eigenvalue weighted by Gasteiger charge is 2.36. The lowest BCUT2D eigenvalue weighted by atomic mass is 10.1. The van der Waals surface area contributed by atoms with E-state index in [-0.39, 0.29) is 11.8 Å². The Morgan fingerprint density at radius 3 is 2.38 bits per heavy atom. The van der Waals surface area contributed by atoms with Gasteiger partial charge in [-0.1, -0.05) is 12.1 Å². The summed E-state index contributed by atoms with van der Waals surface area (Å²) in [5, 5.41) is 14.1. The lowest BCUT2D eigenvalue weighted by Crippen LogP contribution is -2.10. The molecule has 4 rings (SSSR count). The van der Waals surface area contributed by atoms with Crippen molar-refractivity contribution < 1.29 is 9.90 Å². The Morgan fingerprint density at radius 1 is 1.10 bits per heavy atom. The maximum atomic E-state index is 12.3. The third-order valence-corrected chi connectivity index (χ3v) is 5.11. The van der Waals surface area contributed by atoms with E-state index < -0.39 is 0 Å². The van der Waals surface area contributed by atoms with E-state index in [0.29, 0.717) is 22.5 Å². The molecule has 1 aliphatic rings. The SMILES string of the molecule is Nn1c(O)c2c(c1-c1cccs1)C(=O)N=C2c1cccs1. The molecule has 3 aromatic rings. The highest BCUT2D eigenvalue weighted by atomic mass is 32.1. The number of nitrogens with zero attached hydrogens (tertiary/aromatic N) is 2. The number of aliphatic imine (C=N–C) groups is 1. The lowest BCUT2D eigenvalue weighted by Gasteiger charge is -2.03. The van der Waals surface area contributed by atoms with Gasteiger partial charge >= 0.3 is 0 Å². The van der Waals surface area contributed by atoms with Gasteiger partial charge in [0.2, 0.25) is 5.88 Å². The molecule has 4 heterocycles. The molecule has 104 valence electrons. The Hall–Kier alpha value is -2.38. The molecular weight excluding hydrogens is 306 g/mol. The molecule has 3 aromatic heterocycles. The van der Waals surface area contributed by atoms with Gasteiger partial charge in [-0.25, -0.2) is 9.67 Å². The van der Waals surface area contributed by atoms with Crippen LogP contribution in [0.1, 0.15) is 20.8 Å². The average Bonchev–Trinajstić information content (AvgIpc) is 3.20. The second-order valence-electron chi connectivity index (χ2n) is 4.51. The summed E-state index contributed by atoms with van der Waals surface area (Å²) < 4.78 is 1.16. The van der Waals surface area contributed by atoms with Crippen LogP contribution in [0, 0.1) is 0 Å². The van der Waals surface area contributed by atoms with Crippen molar-refractivity contribution in [1.82, 2.24) is 4.68 Å². The quantitative estimate of drug-likeness (QED) is 0.713. The Balaban J connectivity index is 2.01. The molecule has 0 aliphatic carbocycles. The Morgan fingerprint density at radius 2 is 1.76 bits per heavy atom. The third-order valence-electron chi connectivity index (χ3n) is 3.35. The van der Waals surface area contributed by atoms with E-state index in [1.165, 1.54) is 22.7 Å². The van der Waals surface area contributed by atoms with Crippen LogP contribution < -0.4 is 5.84 Å². The summed E-state index contributed by atoms with van der Waals surface area (Å²) in [6, 6.07) is 7.47. The summed E-state index contributed by atoms with van der Waals surface area (Å²) in [7, 11) is 0. The number of nitrogens with two attached hydrogens (primary N) is 1. The fourth-order valence-corrected chi connectivity index (χ4v) is 3.96. The topological polar surface area (TPSA) is 80.6 Å². The number of hydrogen-bond donors (Lipinski definition) is 2. The smallest absolute Gasteiger partial charge is 0.280 e. The number of carbonyl (C=O) groups is 1. The number of amides is 1. The van der Waals surface area contributed by atoms with Gasteiger partial charge in [0.1, 0.15) is 0 Å². The van der Waals surface area contributed by atoms with Crippen molar-refractivity contribution in [3.8, 4) is 16.5 Å². The van der Waals surface area contributed by atoms with Crippen LogP contribution in [0.5, 0.6) is 5.88 Å². The predicted molar refractivity (Wildman–Crippen MR) is 83.8 cm³/mol. The van der Waals surface area contributed by atoms with Gasteiger partial charge < -0.3 is 10.9 Å². The first-order valence-corrected chi connectivity index (χ1v) is 7.88. The summed E-state index contributed by atoms with van der Waals surface area (Å²) in [6.45, 7) is 0. The first-order chi connectivity index (χ1) is 10.2. The summed E-state index contributed by atoms with van der Waals surface area (Å²) in [6.07, 6.45) is 0. The van der Waals surface area contributed by atoms with Crippen LogP contribution in [0.4, 0.5) is 0 Å². The highest BCUT2D eigenvalue weighted by Crippen LogP contribution is 2.41. The van der Waals surface area contributed by atoms with Gasteiger partial charge in [0, 0.05) is 0 Å². The van der Waals surface area contributed by atoms with E-state index in [9.17, 15) is 9.90 Å². The predicted octanol–water partition coefficient (Wildman–Crippen LogP) is 2.69. The molecule has 7 heteroatoms. The van der Waals surface area contributed by atoms with Crippen molar-refractivity contribution in [3.05, 3.63) is 51.0 Å². The first-order valence-electron chi connectivity index (χ1n) is 6.12. The number of thiophene rings is 2. The molecule has 5 nitrogen and oxygen atoms in total. The molecule has 0 spiro atoms. The summed E-state index contributed by atoms with van der Waals surface area (Å²) in [5.74, 6) is 5.45. The Labute approximate surface area is 127 Å². The molecule has 0 unspecified atom stereocenters. The van der Waals surface area contributed by atoms with Crippen LogP contribution >= 0.6 is 22.7 Å². The van der Waals surface area contributed by atoms with E-state index in [4.69, 9.17) is 5.84 Å². The largest absolute Gasteiger partial charge is 0.493 e. The Bertz CT molecular complexity index is 874. The molecule has 0 saturated heterocycles. The normalized spacial score (nSPS) is 13.5. The van der Waals surface area contributed by atoms with Crippen molar-refractivity contribution in [2.75, 3.05) is 5.84 Å². The molecule has 1 aliphatic heterocycles. The van der Waals surface area contributed by atoms with Crippen molar-refractivity contribution in [2.24, 2.45) is 4.99 Å². The van der Waals surface area contributed by atoms with Gasteiger partial charge in [-0.2, -0.15) is 0 Å². The fourth-order valence-electron chi connectivity index (χ4n) is 2.47. The zero-order valence-corrected chi connectivity index (χ0v) is 12.2. The van der Waals surface area contributed by atoms with E-state index in [1.807, 2.05) is 35.0 Å². The third kappa shape index (κ3) is 1.61. The second kappa shape index (κ2) is 4.31. The zero-order valence-electron chi connectivity index (χ0n) is 10.6. The molecule has 0 bridgehead atoms. The van der Waals surface area contributed by atoms with Crippen LogP contribution in [0.3, 0.4) is 0 Å². The second-order valence-corrected chi connectivity index (χ2v) is 6.41. The summed E-state index contributed by atoms with van der Waals surface area (Å²) >= 11 is 2.92. The minimum absolute atomic E-state index is 0.133. The van der Waals surface area contributed by atoms with Gasteiger partial charge in [0.25, 0.3) is 5.91 Å². The van der Waals surface area contributed by atoms with E-state index in [0.717, 1.165) is 14.4 Å². The molecule has 21 heavy (non-hydrogen) atoms. The molecular formula is C14H9N3O2S2. The van der Waals surface area contributed by atoms with Crippen molar-refractivity contribution in [3.63, 3.8) is 0 Å². The van der Waals surface area contributed by atoms with Crippen LogP contribution in [0.25, 0.3) is 10.6 Å². The molecule has 3 N–H and O–H groups in total. The molecule has 0 aromatic carbocycles. The standard InChI is InChI=1S/C14H9N3O2S2/c15-17-12(8-4-2-6-21-8)10-9(14(17)19)11(16-13(10)18)7-3-1-5-20-7/h1-6,19H,15H2. The van der Waals surface area contributed by atoms with Crippen molar-refractivity contribution in [2.45, 2.75) is 0 Å². The number of fused-ring (bicyclic) bond motifs is 1. The fraction of sp³-hybridized carbons (Fsp3) is 0. The van der Waals surface area contributed by atoms with Gasteiger partial charge in [-0.15, -0.1) is 22.7 Å². The molecule has 0 atom stereocenters. The number of nitrogen functional groups attached to an aromatic ring is 1. The summed E-state index contributed by atoms with van der Waals surface area (Å²) in [5.41, 5.74) is 1.80. The van der Waals surface area contributed by atoms with Gasteiger partial charge in [0.15, 0.2) is 0 Å². The monoisotopic (exact) mass is 315 g/mol. The maximum absolute atomic E-state index is 12.3. The van der Waals surface area contributed by atoms with Crippen LogP contribution in [0.15, 0.2) is 40.0 Å². The highest BCUT2D eigenvalue weighted by molar-refractivity contribution is 7.13. The number of carbonyl (C=O) groups excluding carboxylic acids is 1. The molecule has 0 radical (unpaired) electrons. The van der Waals surface area contributed by atoms with Gasteiger partial charge in [-0.05, 0) is 22.9 Å². The molecule has 0 fully saturated rings. The maximum Gasteiger partial charge on any atom is 0.280 e. The average molecular weight is 315 g/mol. The van der Waals surface area contributed by atoms with Crippen molar-refractivity contribution >= 4 is 34.3 Å². The summed E-state index contributed by atoms with van der Waals surface area (Å²) in [4.78, 5) is 18.0. The number of aromatic hydroxyl groups is 1. The number of aromatic nitrogens is 1. The zero-order chi connectivity index (χ0) is 14.6. The number of rotatable bonds is 2. The van der Waals surface area contributed by atoms with E-state index in [2.05, 4.69) is 4.99 Å². The lowest BCUT2D eigenvalue weighted by molar-refractivity contribution is 0.101. The van der Waals surface area contributed by atoms with Gasteiger partial charge in [0.05, 0.1) is 32.3 Å². The first kappa shape index (κ1) is 12.4. The molecule has 1 amide bonds. The van der Waals surface area contributed by atoms with E-state index in [1.54, 1.807) is 0 Å². The van der Waals surface area contributed by atoms with Gasteiger partial charge in [-0.3, -0.25) is 4.79 Å². The van der Waals surface area contributed by atoms with Crippen LogP contribution in [-0.2, 0) is 0 Å². The number of hydrogen-bond acceptors (Lipinski definition) is 5. The van der Waals surface area contributed by atoms with Crippen LogP contribution in [-0.4, -0.2) is 21.4 Å². The minimum atomic E-state index is -0.365. The van der Waals surface area contributed by atoms with Crippen molar-refractivity contribution in [1.29, 1.82) is 0 Å². The Kier molecular flexibility index (Phi) is 2.54. The van der Waals surface area contributed by atoms with Crippen LogP contribution in [0.2, 0.25) is 0 Å². The minimum Gasteiger partial charge on any atom is -0.493 e.